The lowest BCUT2D eigenvalue weighted by Crippen LogP contribution is -2.35. The fourth-order valence-corrected chi connectivity index (χ4v) is 2.29. The second-order valence-corrected chi connectivity index (χ2v) is 4.92. The Morgan fingerprint density at radius 1 is 1.38 bits per heavy atom. The van der Waals surface area contributed by atoms with Gasteiger partial charge in [0.25, 0.3) is 0 Å². The first-order valence-electron chi connectivity index (χ1n) is 4.65. The Bertz CT molecular complexity index is 332. The highest BCUT2D eigenvalue weighted by Gasteiger charge is 2.31. The Hall–Kier alpha value is -0.490. The van der Waals surface area contributed by atoms with Crippen LogP contribution in [0.5, 0.6) is 0 Å². The van der Waals surface area contributed by atoms with Gasteiger partial charge in [0.05, 0.1) is 5.69 Å². The molecule has 0 atom stereocenters. The molecule has 0 aliphatic carbocycles. The molecule has 0 saturated carbocycles. The summed E-state index contributed by atoms with van der Waals surface area (Å²) < 4.78 is 36.9. The minimum absolute atomic E-state index is 0.146. The maximum absolute atomic E-state index is 12.3. The summed E-state index contributed by atoms with van der Waals surface area (Å²) in [6.45, 7) is 2.75. The summed E-state index contributed by atoms with van der Waals surface area (Å²) in [5.41, 5.74) is 0.766. The van der Waals surface area contributed by atoms with E-state index >= 15 is 0 Å². The predicted molar refractivity (Wildman–Crippen MR) is 60.6 cm³/mol. The largest absolute Gasteiger partial charge is 0.406 e. The zero-order valence-electron chi connectivity index (χ0n) is 8.94. The Morgan fingerprint density at radius 3 is 2.38 bits per heavy atom. The first-order valence-corrected chi connectivity index (χ1v) is 6.00. The van der Waals surface area contributed by atoms with Gasteiger partial charge >= 0.3 is 6.18 Å². The number of hydrogen-bond donors (Lipinski definition) is 0. The van der Waals surface area contributed by atoms with Crippen molar-refractivity contribution in [3.8, 4) is 0 Å². The molecule has 0 unspecified atom stereocenters. The predicted octanol–water partition coefficient (Wildman–Crippen LogP) is 3.37. The second-order valence-electron chi connectivity index (χ2n) is 3.36. The summed E-state index contributed by atoms with van der Waals surface area (Å²) in [6, 6.07) is 0. The number of aryl methyl sites for hydroxylation is 2. The Labute approximate surface area is 101 Å². The fourth-order valence-electron chi connectivity index (χ4n) is 1.15. The third kappa shape index (κ3) is 3.83. The van der Waals surface area contributed by atoms with E-state index in [1.54, 1.807) is 6.92 Å². The Balaban J connectivity index is 2.85. The third-order valence-corrected chi connectivity index (χ3v) is 3.32. The molecule has 0 saturated heterocycles. The first kappa shape index (κ1) is 13.6. The zero-order valence-corrected chi connectivity index (χ0v) is 10.5. The molecule has 7 heteroatoms. The molecule has 0 aliphatic heterocycles. The number of rotatable bonds is 4. The molecule has 0 aliphatic rings. The van der Waals surface area contributed by atoms with Gasteiger partial charge in [-0.1, -0.05) is 0 Å². The molecule has 0 bridgehead atoms. The summed E-state index contributed by atoms with van der Waals surface area (Å²) in [5, 5.41) is 0.382. The average molecular weight is 273 g/mol. The molecule has 1 rings (SSSR count). The van der Waals surface area contributed by atoms with Gasteiger partial charge in [0.2, 0.25) is 0 Å². The highest BCUT2D eigenvalue weighted by Crippen LogP contribution is 2.28. The van der Waals surface area contributed by atoms with Gasteiger partial charge < -0.3 is 4.90 Å². The fraction of sp³-hybridized carbons (Fsp3) is 0.667. The number of anilines is 1. The van der Waals surface area contributed by atoms with Crippen molar-refractivity contribution in [1.82, 2.24) is 4.98 Å². The molecule has 1 heterocycles. The molecule has 0 radical (unpaired) electrons. The van der Waals surface area contributed by atoms with Crippen LogP contribution in [0.4, 0.5) is 18.3 Å². The van der Waals surface area contributed by atoms with Gasteiger partial charge in [-0.25, -0.2) is 4.98 Å². The molecule has 0 spiro atoms. The maximum Gasteiger partial charge on any atom is 0.406 e. The van der Waals surface area contributed by atoms with Gasteiger partial charge in [0.15, 0.2) is 5.13 Å². The van der Waals surface area contributed by atoms with Crippen LogP contribution < -0.4 is 4.90 Å². The van der Waals surface area contributed by atoms with Crippen molar-refractivity contribution in [3.63, 3.8) is 0 Å². The van der Waals surface area contributed by atoms with Crippen molar-refractivity contribution >= 4 is 28.1 Å². The minimum atomic E-state index is -4.24. The molecule has 0 N–H and O–H groups in total. The van der Waals surface area contributed by atoms with Crippen LogP contribution in [0.2, 0.25) is 0 Å². The zero-order chi connectivity index (χ0) is 12.3. The Kier molecular flexibility index (Phi) is 4.43. The van der Waals surface area contributed by atoms with E-state index in [2.05, 4.69) is 4.98 Å². The van der Waals surface area contributed by atoms with Crippen LogP contribution in [0, 0.1) is 13.8 Å². The smallest absolute Gasteiger partial charge is 0.338 e. The monoisotopic (exact) mass is 272 g/mol. The highest BCUT2D eigenvalue weighted by atomic mass is 35.5. The summed E-state index contributed by atoms with van der Waals surface area (Å²) >= 11 is 6.75. The summed E-state index contributed by atoms with van der Waals surface area (Å²) in [4.78, 5) is 6.19. The highest BCUT2D eigenvalue weighted by molar-refractivity contribution is 7.15. The standard InChI is InChI=1S/C9H12ClF3N2S/c1-6-7(2)16-8(14-6)15(4-3-10)5-9(11,12)13/h3-5H2,1-2H3. The van der Waals surface area contributed by atoms with E-state index in [9.17, 15) is 13.2 Å². The molecule has 1 aromatic rings. The molecular formula is C9H12ClF3N2S. The molecule has 0 amide bonds. The van der Waals surface area contributed by atoms with Gasteiger partial charge in [-0.05, 0) is 13.8 Å². The summed E-state index contributed by atoms with van der Waals surface area (Å²) in [5.74, 6) is 0.147. The van der Waals surface area contributed by atoms with Crippen molar-refractivity contribution < 1.29 is 13.2 Å². The molecule has 0 aromatic carbocycles. The minimum Gasteiger partial charge on any atom is -0.338 e. The SMILES string of the molecule is Cc1nc(N(CCCl)CC(F)(F)F)sc1C. The third-order valence-electron chi connectivity index (χ3n) is 2.01. The molecule has 16 heavy (non-hydrogen) atoms. The second kappa shape index (κ2) is 5.23. The van der Waals surface area contributed by atoms with Crippen LogP contribution in [0.15, 0.2) is 0 Å². The van der Waals surface area contributed by atoms with Crippen molar-refractivity contribution in [1.29, 1.82) is 0 Å². The molecule has 92 valence electrons. The quantitative estimate of drug-likeness (QED) is 0.782. The van der Waals surface area contributed by atoms with Crippen LogP contribution >= 0.6 is 22.9 Å². The van der Waals surface area contributed by atoms with Gasteiger partial charge in [-0.2, -0.15) is 13.2 Å². The summed E-state index contributed by atoms with van der Waals surface area (Å²) in [7, 11) is 0. The van der Waals surface area contributed by atoms with Crippen LogP contribution in [0.1, 0.15) is 10.6 Å². The lowest BCUT2D eigenvalue weighted by molar-refractivity contribution is -0.119. The molecule has 2 nitrogen and oxygen atoms in total. The lowest BCUT2D eigenvalue weighted by atomic mass is 10.4. The maximum atomic E-state index is 12.3. The van der Waals surface area contributed by atoms with E-state index in [0.29, 0.717) is 5.13 Å². The van der Waals surface area contributed by atoms with Crippen molar-refractivity contribution in [2.75, 3.05) is 23.9 Å². The van der Waals surface area contributed by atoms with Crippen molar-refractivity contribution in [2.24, 2.45) is 0 Å². The number of alkyl halides is 4. The number of hydrogen-bond acceptors (Lipinski definition) is 3. The number of nitrogens with zero attached hydrogens (tertiary/aromatic N) is 2. The van der Waals surface area contributed by atoms with Gasteiger partial charge in [-0.3, -0.25) is 0 Å². The first-order chi connectivity index (χ1) is 7.33. The van der Waals surface area contributed by atoms with E-state index in [4.69, 9.17) is 11.6 Å². The van der Waals surface area contributed by atoms with Crippen molar-refractivity contribution in [3.05, 3.63) is 10.6 Å². The van der Waals surface area contributed by atoms with E-state index in [1.807, 2.05) is 6.92 Å². The average Bonchev–Trinajstić information content (AvgIpc) is 2.44. The van der Waals surface area contributed by atoms with E-state index in [-0.39, 0.29) is 12.4 Å². The van der Waals surface area contributed by atoms with Gasteiger partial charge in [0.1, 0.15) is 6.54 Å². The lowest BCUT2D eigenvalue weighted by Gasteiger charge is -2.21. The van der Waals surface area contributed by atoms with Gasteiger partial charge in [-0.15, -0.1) is 22.9 Å². The number of thiazole rings is 1. The summed E-state index contributed by atoms with van der Waals surface area (Å²) in [6.07, 6.45) is -4.24. The van der Waals surface area contributed by atoms with E-state index < -0.39 is 12.7 Å². The van der Waals surface area contributed by atoms with Gasteiger partial charge in [0, 0.05) is 17.3 Å². The van der Waals surface area contributed by atoms with E-state index in [0.717, 1.165) is 15.5 Å². The number of halogens is 4. The Morgan fingerprint density at radius 2 is 2.00 bits per heavy atom. The molecule has 0 fully saturated rings. The van der Waals surface area contributed by atoms with Crippen LogP contribution in [0.25, 0.3) is 0 Å². The van der Waals surface area contributed by atoms with E-state index in [1.165, 1.54) is 11.3 Å². The van der Waals surface area contributed by atoms with Crippen molar-refractivity contribution in [2.45, 2.75) is 20.0 Å². The molecular weight excluding hydrogens is 261 g/mol. The normalized spacial score (nSPS) is 11.9. The van der Waals surface area contributed by atoms with Crippen LogP contribution in [-0.2, 0) is 0 Å². The van der Waals surface area contributed by atoms with Crippen LogP contribution in [0.3, 0.4) is 0 Å². The topological polar surface area (TPSA) is 16.1 Å². The molecule has 1 aromatic heterocycles. The number of aromatic nitrogens is 1. The van der Waals surface area contributed by atoms with Crippen LogP contribution in [-0.4, -0.2) is 30.1 Å².